The first-order valence-electron chi connectivity index (χ1n) is 13.6. The van der Waals surface area contributed by atoms with Crippen LogP contribution in [0.5, 0.6) is 0 Å². The molecule has 0 unspecified atom stereocenters. The maximum absolute atomic E-state index is 4.35. The van der Waals surface area contributed by atoms with Crippen molar-refractivity contribution in [2.45, 2.75) is 0 Å². The Morgan fingerprint density at radius 2 is 0.395 bits per heavy atom. The third-order valence-corrected chi connectivity index (χ3v) is 7.03. The largest absolute Gasteiger partial charge is 0.254 e. The molecule has 9 aromatic rings. The van der Waals surface area contributed by atoms with Crippen LogP contribution in [0.2, 0.25) is 0 Å². The third-order valence-electron chi connectivity index (χ3n) is 7.03. The fourth-order valence-corrected chi connectivity index (χ4v) is 5.04. The molecule has 6 nitrogen and oxygen atoms in total. The minimum atomic E-state index is 0. The standard InChI is InChI=1S/3C12H8N2.Zn/c3*1-3-9-5-6-10-4-2-8-14-12(10)11(9)13-7-1;/h3*1-8H;. The first-order chi connectivity index (χ1) is 20.8. The second kappa shape index (κ2) is 12.7. The Labute approximate surface area is 260 Å². The van der Waals surface area contributed by atoms with Crippen molar-refractivity contribution in [1.82, 2.24) is 29.9 Å². The van der Waals surface area contributed by atoms with Crippen LogP contribution in [0, 0.1) is 0 Å². The molecule has 0 N–H and O–H groups in total. The number of pyridine rings is 6. The molecule has 7 heteroatoms. The van der Waals surface area contributed by atoms with Gasteiger partial charge in [0.25, 0.3) is 0 Å². The van der Waals surface area contributed by atoms with Gasteiger partial charge in [0.2, 0.25) is 0 Å². The normalized spacial score (nSPS) is 10.6. The van der Waals surface area contributed by atoms with E-state index in [-0.39, 0.29) is 19.5 Å². The number of nitrogens with zero attached hydrogens (tertiary/aromatic N) is 6. The van der Waals surface area contributed by atoms with Crippen molar-refractivity contribution >= 4 is 65.4 Å². The maximum Gasteiger partial charge on any atom is 0.0964 e. The molecule has 0 fully saturated rings. The Morgan fingerprint density at radius 3 is 0.558 bits per heavy atom. The van der Waals surface area contributed by atoms with Gasteiger partial charge in [0.1, 0.15) is 0 Å². The van der Waals surface area contributed by atoms with E-state index in [4.69, 9.17) is 0 Å². The van der Waals surface area contributed by atoms with E-state index < -0.39 is 0 Å². The average Bonchev–Trinajstić information content (AvgIpc) is 3.09. The van der Waals surface area contributed by atoms with Gasteiger partial charge in [-0.15, -0.1) is 0 Å². The zero-order valence-corrected chi connectivity index (χ0v) is 26.2. The number of fused-ring (bicyclic) bond motifs is 9. The molecule has 9 rings (SSSR count). The summed E-state index contributed by atoms with van der Waals surface area (Å²) in [5.74, 6) is 0. The maximum atomic E-state index is 4.35. The molecule has 0 bridgehead atoms. The van der Waals surface area contributed by atoms with Crippen LogP contribution < -0.4 is 0 Å². The number of benzene rings is 3. The topological polar surface area (TPSA) is 77.3 Å². The number of aromatic nitrogens is 6. The van der Waals surface area contributed by atoms with Gasteiger partial charge in [-0.1, -0.05) is 72.8 Å². The number of hydrogen-bond acceptors (Lipinski definition) is 6. The van der Waals surface area contributed by atoms with Gasteiger partial charge >= 0.3 is 0 Å². The molecule has 0 atom stereocenters. The second-order valence-corrected chi connectivity index (χ2v) is 9.65. The summed E-state index contributed by atoms with van der Waals surface area (Å²) < 4.78 is 0. The first kappa shape index (κ1) is 27.9. The van der Waals surface area contributed by atoms with Crippen LogP contribution in [-0.2, 0) is 19.5 Å². The fourth-order valence-electron chi connectivity index (χ4n) is 5.04. The van der Waals surface area contributed by atoms with Crippen LogP contribution >= 0.6 is 0 Å². The quantitative estimate of drug-likeness (QED) is 0.128. The predicted octanol–water partition coefficient (Wildman–Crippen LogP) is 8.35. The zero-order valence-electron chi connectivity index (χ0n) is 23.2. The van der Waals surface area contributed by atoms with Crippen molar-refractivity contribution in [1.29, 1.82) is 0 Å². The SMILES string of the molecule is [Zn].c1cnc2c(c1)ccc1cccnc12.c1cnc2c(c1)ccc1cccnc12.c1cnc2c(c1)ccc1cccnc12. The van der Waals surface area contributed by atoms with Gasteiger partial charge < -0.3 is 0 Å². The minimum absolute atomic E-state index is 0. The van der Waals surface area contributed by atoms with Crippen molar-refractivity contribution in [2.75, 3.05) is 0 Å². The summed E-state index contributed by atoms with van der Waals surface area (Å²) in [7, 11) is 0. The van der Waals surface area contributed by atoms with Crippen molar-refractivity contribution in [2.24, 2.45) is 0 Å². The fraction of sp³-hybridized carbons (Fsp3) is 0. The van der Waals surface area contributed by atoms with Gasteiger partial charge in [-0.3, -0.25) is 29.9 Å². The van der Waals surface area contributed by atoms with Crippen molar-refractivity contribution in [3.8, 4) is 0 Å². The summed E-state index contributed by atoms with van der Waals surface area (Å²) in [4.78, 5) is 26.1. The third kappa shape index (κ3) is 5.76. The molecule has 3 aromatic carbocycles. The Morgan fingerprint density at radius 1 is 0.233 bits per heavy atom. The smallest absolute Gasteiger partial charge is 0.0964 e. The van der Waals surface area contributed by atoms with Gasteiger partial charge in [-0.25, -0.2) is 0 Å². The van der Waals surface area contributed by atoms with E-state index in [0.717, 1.165) is 65.4 Å². The Balaban J connectivity index is 0.000000113. The molecule has 6 aromatic heterocycles. The summed E-state index contributed by atoms with van der Waals surface area (Å²) in [5.41, 5.74) is 5.86. The van der Waals surface area contributed by atoms with E-state index in [9.17, 15) is 0 Å². The molecular weight excluding hydrogens is 582 g/mol. The summed E-state index contributed by atoms with van der Waals surface area (Å²) in [6.45, 7) is 0. The van der Waals surface area contributed by atoms with Crippen LogP contribution in [0.3, 0.4) is 0 Å². The summed E-state index contributed by atoms with van der Waals surface area (Å²) in [6.07, 6.45) is 10.8. The van der Waals surface area contributed by atoms with Crippen molar-refractivity contribution in [3.63, 3.8) is 0 Å². The van der Waals surface area contributed by atoms with Crippen LogP contribution in [0.4, 0.5) is 0 Å². The Hall–Kier alpha value is -5.26. The van der Waals surface area contributed by atoms with E-state index in [1.54, 1.807) is 37.2 Å². The van der Waals surface area contributed by atoms with E-state index in [2.05, 4.69) is 103 Å². The zero-order chi connectivity index (χ0) is 28.1. The minimum Gasteiger partial charge on any atom is -0.254 e. The molecule has 6 heterocycles. The summed E-state index contributed by atoms with van der Waals surface area (Å²) >= 11 is 0. The Bertz CT molecular complexity index is 1910. The van der Waals surface area contributed by atoms with E-state index >= 15 is 0 Å². The first-order valence-corrected chi connectivity index (χ1v) is 13.6. The van der Waals surface area contributed by atoms with Crippen LogP contribution in [-0.4, -0.2) is 29.9 Å². The van der Waals surface area contributed by atoms with Crippen molar-refractivity contribution in [3.05, 3.63) is 146 Å². The van der Waals surface area contributed by atoms with Gasteiger partial charge in [0.05, 0.1) is 33.1 Å². The van der Waals surface area contributed by atoms with E-state index in [1.807, 2.05) is 36.4 Å². The molecule has 0 saturated heterocycles. The summed E-state index contributed by atoms with van der Waals surface area (Å²) in [5, 5.41) is 6.83. The molecule has 200 valence electrons. The van der Waals surface area contributed by atoms with Crippen LogP contribution in [0.1, 0.15) is 0 Å². The van der Waals surface area contributed by atoms with E-state index in [1.165, 1.54) is 0 Å². The van der Waals surface area contributed by atoms with Crippen LogP contribution in [0.15, 0.2) is 146 Å². The molecule has 0 amide bonds. The van der Waals surface area contributed by atoms with Crippen LogP contribution in [0.25, 0.3) is 65.4 Å². The predicted molar refractivity (Wildman–Crippen MR) is 171 cm³/mol. The molecule has 0 radical (unpaired) electrons. The molecule has 0 aliphatic carbocycles. The Kier molecular flexibility index (Phi) is 8.25. The number of rotatable bonds is 0. The van der Waals surface area contributed by atoms with E-state index in [0.29, 0.717) is 0 Å². The molecule has 0 saturated carbocycles. The molecule has 0 spiro atoms. The molecule has 0 aliphatic rings. The van der Waals surface area contributed by atoms with Gasteiger partial charge in [-0.2, -0.15) is 0 Å². The second-order valence-electron chi connectivity index (χ2n) is 9.65. The average molecular weight is 606 g/mol. The monoisotopic (exact) mass is 604 g/mol. The molecule has 0 aliphatic heterocycles. The summed E-state index contributed by atoms with van der Waals surface area (Å²) in [6, 6.07) is 36.4. The van der Waals surface area contributed by atoms with Gasteiger partial charge in [0.15, 0.2) is 0 Å². The van der Waals surface area contributed by atoms with Gasteiger partial charge in [0, 0.05) is 89.0 Å². The number of hydrogen-bond donors (Lipinski definition) is 0. The van der Waals surface area contributed by atoms with Crippen molar-refractivity contribution < 1.29 is 19.5 Å². The molecule has 43 heavy (non-hydrogen) atoms. The molecular formula is C36H24N6Zn. The van der Waals surface area contributed by atoms with Gasteiger partial charge in [-0.05, 0) is 36.4 Å².